The van der Waals surface area contributed by atoms with Crippen LogP contribution in [-0.4, -0.2) is 38.3 Å². The zero-order valence-electron chi connectivity index (χ0n) is 14.4. The topological polar surface area (TPSA) is 59.6 Å². The van der Waals surface area contributed by atoms with Gasteiger partial charge < -0.3 is 20.1 Å². The van der Waals surface area contributed by atoms with Crippen LogP contribution in [0.5, 0.6) is 5.75 Å². The standard InChI is InChI=1S/C19H28N2O3/c1-23-10-11-24-16-8-6-14(7-9-16)13-20-19(22)18-12-15-4-2-3-5-17(15)21-18/h6-9,15,17-18,21H,2-5,10-13H2,1H3,(H,20,22)/t15-,17+,18-/m0/s1. The second kappa shape index (κ2) is 8.49. The molecule has 1 amide bonds. The molecule has 0 bridgehead atoms. The van der Waals surface area contributed by atoms with Gasteiger partial charge in [0.25, 0.3) is 0 Å². The lowest BCUT2D eigenvalue weighted by molar-refractivity contribution is -0.123. The van der Waals surface area contributed by atoms with Gasteiger partial charge >= 0.3 is 0 Å². The summed E-state index contributed by atoms with van der Waals surface area (Å²) in [7, 11) is 1.66. The van der Waals surface area contributed by atoms with Crippen LogP contribution in [0.4, 0.5) is 0 Å². The molecule has 3 atom stereocenters. The summed E-state index contributed by atoms with van der Waals surface area (Å²) in [4.78, 5) is 12.4. The summed E-state index contributed by atoms with van der Waals surface area (Å²) in [5.74, 6) is 1.64. The van der Waals surface area contributed by atoms with Crippen molar-refractivity contribution in [3.8, 4) is 5.75 Å². The summed E-state index contributed by atoms with van der Waals surface area (Å²) in [5, 5.41) is 6.58. The number of fused-ring (bicyclic) bond motifs is 1. The molecule has 5 nitrogen and oxygen atoms in total. The Kier molecular flexibility index (Phi) is 6.10. The van der Waals surface area contributed by atoms with Crippen molar-refractivity contribution in [1.29, 1.82) is 0 Å². The Morgan fingerprint density at radius 1 is 1.21 bits per heavy atom. The van der Waals surface area contributed by atoms with Gasteiger partial charge in [0.2, 0.25) is 5.91 Å². The van der Waals surface area contributed by atoms with Gasteiger partial charge in [0.15, 0.2) is 0 Å². The fourth-order valence-electron chi connectivity index (χ4n) is 3.78. The lowest BCUT2D eigenvalue weighted by atomic mass is 9.85. The highest BCUT2D eigenvalue weighted by Gasteiger charge is 2.37. The van der Waals surface area contributed by atoms with E-state index in [2.05, 4.69) is 10.6 Å². The Labute approximate surface area is 144 Å². The molecule has 2 N–H and O–H groups in total. The number of benzene rings is 1. The average Bonchev–Trinajstić information content (AvgIpc) is 3.05. The third-order valence-corrected chi connectivity index (χ3v) is 5.13. The van der Waals surface area contributed by atoms with E-state index >= 15 is 0 Å². The number of methoxy groups -OCH3 is 1. The first-order valence-electron chi connectivity index (χ1n) is 9.00. The average molecular weight is 332 g/mol. The summed E-state index contributed by atoms with van der Waals surface area (Å²) in [5.41, 5.74) is 1.08. The smallest absolute Gasteiger partial charge is 0.237 e. The summed E-state index contributed by atoms with van der Waals surface area (Å²) < 4.78 is 10.5. The first kappa shape index (κ1) is 17.2. The number of nitrogens with one attached hydrogen (secondary N) is 2. The quantitative estimate of drug-likeness (QED) is 0.752. The van der Waals surface area contributed by atoms with Crippen molar-refractivity contribution in [3.05, 3.63) is 29.8 Å². The fourth-order valence-corrected chi connectivity index (χ4v) is 3.78. The maximum absolute atomic E-state index is 12.4. The number of ether oxygens (including phenoxy) is 2. The minimum Gasteiger partial charge on any atom is -0.491 e. The van der Waals surface area contributed by atoms with Gasteiger partial charge in [-0.2, -0.15) is 0 Å². The monoisotopic (exact) mass is 332 g/mol. The van der Waals surface area contributed by atoms with E-state index in [1.807, 2.05) is 24.3 Å². The molecule has 1 heterocycles. The van der Waals surface area contributed by atoms with Gasteiger partial charge in [0.05, 0.1) is 12.6 Å². The van der Waals surface area contributed by atoms with Crippen LogP contribution >= 0.6 is 0 Å². The molecule has 2 aliphatic rings. The molecular weight excluding hydrogens is 304 g/mol. The molecule has 24 heavy (non-hydrogen) atoms. The molecule has 5 heteroatoms. The van der Waals surface area contributed by atoms with Crippen molar-refractivity contribution in [2.45, 2.75) is 50.7 Å². The van der Waals surface area contributed by atoms with E-state index in [4.69, 9.17) is 9.47 Å². The molecule has 0 unspecified atom stereocenters. The molecule has 1 saturated carbocycles. The van der Waals surface area contributed by atoms with Gasteiger partial charge in [0, 0.05) is 19.7 Å². The molecule has 0 spiro atoms. The molecule has 132 valence electrons. The van der Waals surface area contributed by atoms with E-state index < -0.39 is 0 Å². The largest absolute Gasteiger partial charge is 0.491 e. The summed E-state index contributed by atoms with van der Waals surface area (Å²) in [6.07, 6.45) is 6.09. The van der Waals surface area contributed by atoms with Crippen molar-refractivity contribution in [3.63, 3.8) is 0 Å². The molecule has 0 radical (unpaired) electrons. The molecule has 1 aliphatic heterocycles. The van der Waals surface area contributed by atoms with Gasteiger partial charge in [-0.05, 0) is 42.9 Å². The van der Waals surface area contributed by atoms with Crippen LogP contribution in [0.25, 0.3) is 0 Å². The lowest BCUT2D eigenvalue weighted by Gasteiger charge is -2.24. The van der Waals surface area contributed by atoms with E-state index in [1.54, 1.807) is 7.11 Å². The molecule has 2 fully saturated rings. The van der Waals surface area contributed by atoms with Crippen molar-refractivity contribution < 1.29 is 14.3 Å². The molecule has 1 saturated heterocycles. The van der Waals surface area contributed by atoms with Crippen LogP contribution in [0.15, 0.2) is 24.3 Å². The molecule has 0 aromatic heterocycles. The van der Waals surface area contributed by atoms with Gasteiger partial charge in [-0.25, -0.2) is 0 Å². The Morgan fingerprint density at radius 3 is 2.75 bits per heavy atom. The van der Waals surface area contributed by atoms with Gasteiger partial charge in [-0.3, -0.25) is 4.79 Å². The first-order valence-corrected chi connectivity index (χ1v) is 9.00. The van der Waals surface area contributed by atoms with E-state index in [0.29, 0.717) is 31.7 Å². The SMILES string of the molecule is COCCOc1ccc(CNC(=O)[C@@H]2C[C@@H]3CCCC[C@H]3N2)cc1. The Bertz CT molecular complexity index is 518. The second-order valence-electron chi connectivity index (χ2n) is 6.81. The van der Waals surface area contributed by atoms with Crippen LogP contribution in [0.2, 0.25) is 0 Å². The number of rotatable bonds is 7. The molecular formula is C19H28N2O3. The third-order valence-electron chi connectivity index (χ3n) is 5.13. The number of hydrogen-bond donors (Lipinski definition) is 2. The van der Waals surface area contributed by atoms with Crippen LogP contribution < -0.4 is 15.4 Å². The summed E-state index contributed by atoms with van der Waals surface area (Å²) >= 11 is 0. The Morgan fingerprint density at radius 2 is 2.00 bits per heavy atom. The van der Waals surface area contributed by atoms with Gasteiger partial charge in [0.1, 0.15) is 12.4 Å². The van der Waals surface area contributed by atoms with E-state index in [1.165, 1.54) is 25.7 Å². The van der Waals surface area contributed by atoms with E-state index in [-0.39, 0.29) is 11.9 Å². The molecule has 1 aromatic carbocycles. The maximum Gasteiger partial charge on any atom is 0.237 e. The highest BCUT2D eigenvalue weighted by atomic mass is 16.5. The number of carbonyl (C=O) groups is 1. The van der Waals surface area contributed by atoms with Crippen LogP contribution in [-0.2, 0) is 16.1 Å². The third kappa shape index (κ3) is 4.48. The Hall–Kier alpha value is -1.59. The van der Waals surface area contributed by atoms with E-state index in [9.17, 15) is 4.79 Å². The summed E-state index contributed by atoms with van der Waals surface area (Å²) in [6, 6.07) is 8.38. The minimum atomic E-state index is -0.0187. The van der Waals surface area contributed by atoms with Crippen molar-refractivity contribution >= 4 is 5.91 Å². The maximum atomic E-state index is 12.4. The highest BCUT2D eigenvalue weighted by Crippen LogP contribution is 2.33. The predicted molar refractivity (Wildman–Crippen MR) is 92.9 cm³/mol. The first-order chi connectivity index (χ1) is 11.8. The lowest BCUT2D eigenvalue weighted by Crippen LogP contribution is -2.42. The zero-order chi connectivity index (χ0) is 16.8. The summed E-state index contributed by atoms with van der Waals surface area (Å²) in [6.45, 7) is 1.68. The molecule has 1 aliphatic carbocycles. The van der Waals surface area contributed by atoms with Crippen molar-refractivity contribution in [2.24, 2.45) is 5.92 Å². The van der Waals surface area contributed by atoms with Crippen LogP contribution in [0.1, 0.15) is 37.7 Å². The number of amides is 1. The number of hydrogen-bond acceptors (Lipinski definition) is 4. The van der Waals surface area contributed by atoms with Crippen molar-refractivity contribution in [2.75, 3.05) is 20.3 Å². The Balaban J connectivity index is 1.43. The normalized spacial score (nSPS) is 26.0. The van der Waals surface area contributed by atoms with Gasteiger partial charge in [-0.15, -0.1) is 0 Å². The van der Waals surface area contributed by atoms with Crippen LogP contribution in [0, 0.1) is 5.92 Å². The molecule has 1 aromatic rings. The van der Waals surface area contributed by atoms with E-state index in [0.717, 1.165) is 17.7 Å². The molecule has 3 rings (SSSR count). The van der Waals surface area contributed by atoms with Crippen molar-refractivity contribution in [1.82, 2.24) is 10.6 Å². The number of carbonyl (C=O) groups excluding carboxylic acids is 1. The zero-order valence-corrected chi connectivity index (χ0v) is 14.4. The second-order valence-corrected chi connectivity index (χ2v) is 6.81. The predicted octanol–water partition coefficient (Wildman–Crippen LogP) is 2.25. The highest BCUT2D eigenvalue weighted by molar-refractivity contribution is 5.82. The van der Waals surface area contributed by atoms with Crippen LogP contribution in [0.3, 0.4) is 0 Å². The van der Waals surface area contributed by atoms with Gasteiger partial charge in [-0.1, -0.05) is 25.0 Å². The minimum absolute atomic E-state index is 0.0187. The fraction of sp³-hybridized carbons (Fsp3) is 0.632.